The van der Waals surface area contributed by atoms with Crippen LogP contribution in [-0.4, -0.2) is 64.0 Å². The van der Waals surface area contributed by atoms with Crippen molar-refractivity contribution in [2.24, 2.45) is 0 Å². The van der Waals surface area contributed by atoms with Crippen molar-refractivity contribution in [3.05, 3.63) is 66.0 Å². The summed E-state index contributed by atoms with van der Waals surface area (Å²) in [7, 11) is 2.08. The Hall–Kier alpha value is -3.25. The fourth-order valence-electron chi connectivity index (χ4n) is 3.54. The second-order valence-electron chi connectivity index (χ2n) is 7.46. The molecule has 1 fully saturated rings. The highest BCUT2D eigenvalue weighted by Gasteiger charge is 2.21. The molecular formula is C23H24N4O2. The van der Waals surface area contributed by atoms with Gasteiger partial charge in [0, 0.05) is 42.9 Å². The van der Waals surface area contributed by atoms with E-state index >= 15 is 0 Å². The van der Waals surface area contributed by atoms with Crippen molar-refractivity contribution < 1.29 is 9.90 Å². The molecule has 1 aliphatic heterocycles. The predicted molar refractivity (Wildman–Crippen MR) is 113 cm³/mol. The lowest BCUT2D eigenvalue weighted by molar-refractivity contribution is 0.0664. The van der Waals surface area contributed by atoms with E-state index in [1.165, 1.54) is 0 Å². The lowest BCUT2D eigenvalue weighted by Gasteiger charge is -2.32. The molecule has 4 rings (SSSR count). The number of hydrogen-bond donors (Lipinski definition) is 1. The van der Waals surface area contributed by atoms with Gasteiger partial charge in [-0.1, -0.05) is 6.07 Å². The van der Waals surface area contributed by atoms with Crippen molar-refractivity contribution >= 4 is 5.91 Å². The Morgan fingerprint density at radius 2 is 1.66 bits per heavy atom. The molecule has 0 spiro atoms. The minimum absolute atomic E-state index is 0.0803. The second-order valence-corrected chi connectivity index (χ2v) is 7.46. The van der Waals surface area contributed by atoms with Crippen molar-refractivity contribution in [2.45, 2.75) is 6.92 Å². The van der Waals surface area contributed by atoms with Gasteiger partial charge in [-0.3, -0.25) is 9.78 Å². The summed E-state index contributed by atoms with van der Waals surface area (Å²) in [4.78, 5) is 26.0. The molecule has 0 saturated carbocycles. The van der Waals surface area contributed by atoms with Crippen molar-refractivity contribution in [3.8, 4) is 28.3 Å². The lowest BCUT2D eigenvalue weighted by Crippen LogP contribution is -2.47. The van der Waals surface area contributed by atoms with Crippen molar-refractivity contribution in [1.29, 1.82) is 0 Å². The zero-order valence-electron chi connectivity index (χ0n) is 16.7. The standard InChI is InChI=1S/C23H24N4O2/c1-16-13-18(23(29)27-11-9-26(2)10-12-27)5-8-20(16)22-15-24-14-21(25-22)17-3-6-19(28)7-4-17/h3-8,13-15,28H,9-12H2,1-2H3. The van der Waals surface area contributed by atoms with Gasteiger partial charge < -0.3 is 14.9 Å². The first-order chi connectivity index (χ1) is 14.0. The van der Waals surface area contributed by atoms with Crippen LogP contribution in [0.4, 0.5) is 0 Å². The van der Waals surface area contributed by atoms with E-state index in [0.717, 1.165) is 54.3 Å². The monoisotopic (exact) mass is 388 g/mol. The quantitative estimate of drug-likeness (QED) is 0.746. The average molecular weight is 388 g/mol. The van der Waals surface area contributed by atoms with Gasteiger partial charge in [0.2, 0.25) is 0 Å². The highest BCUT2D eigenvalue weighted by Crippen LogP contribution is 2.26. The van der Waals surface area contributed by atoms with Crippen LogP contribution in [0.2, 0.25) is 0 Å². The Labute approximate surface area is 170 Å². The van der Waals surface area contributed by atoms with Crippen LogP contribution in [0.15, 0.2) is 54.9 Å². The minimum Gasteiger partial charge on any atom is -0.508 e. The number of amides is 1. The maximum atomic E-state index is 12.8. The molecule has 148 valence electrons. The fraction of sp³-hybridized carbons (Fsp3) is 0.261. The van der Waals surface area contributed by atoms with Crippen LogP contribution in [0.25, 0.3) is 22.5 Å². The molecule has 6 heteroatoms. The van der Waals surface area contributed by atoms with Crippen molar-refractivity contribution in [2.75, 3.05) is 33.2 Å². The van der Waals surface area contributed by atoms with Crippen LogP contribution in [0.1, 0.15) is 15.9 Å². The van der Waals surface area contributed by atoms with E-state index in [0.29, 0.717) is 5.56 Å². The summed E-state index contributed by atoms with van der Waals surface area (Å²) in [5.74, 6) is 0.297. The Kier molecular flexibility index (Phi) is 5.27. The SMILES string of the molecule is Cc1cc(C(=O)N2CCN(C)CC2)ccc1-c1cncc(-c2ccc(O)cc2)n1. The summed E-state index contributed by atoms with van der Waals surface area (Å²) in [5, 5.41) is 9.48. The first-order valence-corrected chi connectivity index (χ1v) is 9.71. The van der Waals surface area contributed by atoms with E-state index in [4.69, 9.17) is 4.98 Å². The van der Waals surface area contributed by atoms with Crippen LogP contribution >= 0.6 is 0 Å². The number of benzene rings is 2. The zero-order chi connectivity index (χ0) is 20.4. The van der Waals surface area contributed by atoms with Crippen molar-refractivity contribution in [3.63, 3.8) is 0 Å². The molecule has 1 saturated heterocycles. The number of likely N-dealkylation sites (N-methyl/N-ethyl adjacent to an activating group) is 1. The van der Waals surface area contributed by atoms with Gasteiger partial charge >= 0.3 is 0 Å². The topological polar surface area (TPSA) is 69.6 Å². The average Bonchev–Trinajstić information content (AvgIpc) is 2.74. The van der Waals surface area contributed by atoms with Gasteiger partial charge in [0.1, 0.15) is 5.75 Å². The molecule has 2 heterocycles. The smallest absolute Gasteiger partial charge is 0.253 e. The number of aryl methyl sites for hydroxylation is 1. The van der Waals surface area contributed by atoms with Crippen LogP contribution in [0.5, 0.6) is 5.75 Å². The van der Waals surface area contributed by atoms with E-state index in [2.05, 4.69) is 16.9 Å². The first-order valence-electron chi connectivity index (χ1n) is 9.71. The van der Waals surface area contributed by atoms with Gasteiger partial charge in [0.25, 0.3) is 5.91 Å². The molecule has 0 atom stereocenters. The molecule has 1 N–H and O–H groups in total. The van der Waals surface area contributed by atoms with Gasteiger partial charge in [-0.05, 0) is 55.9 Å². The summed E-state index contributed by atoms with van der Waals surface area (Å²) in [6.45, 7) is 5.32. The molecule has 1 aliphatic rings. The summed E-state index contributed by atoms with van der Waals surface area (Å²) in [6, 6.07) is 12.6. The normalized spacial score (nSPS) is 14.8. The van der Waals surface area contributed by atoms with Gasteiger partial charge in [0.05, 0.1) is 23.8 Å². The van der Waals surface area contributed by atoms with E-state index < -0.39 is 0 Å². The third-order valence-electron chi connectivity index (χ3n) is 5.34. The maximum absolute atomic E-state index is 12.8. The number of piperazine rings is 1. The zero-order valence-corrected chi connectivity index (χ0v) is 16.7. The summed E-state index contributed by atoms with van der Waals surface area (Å²) >= 11 is 0. The largest absolute Gasteiger partial charge is 0.508 e. The molecular weight excluding hydrogens is 364 g/mol. The number of phenols is 1. The van der Waals surface area contributed by atoms with Gasteiger partial charge in [0.15, 0.2) is 0 Å². The van der Waals surface area contributed by atoms with Gasteiger partial charge in [-0.15, -0.1) is 0 Å². The van der Waals surface area contributed by atoms with Gasteiger partial charge in [-0.25, -0.2) is 4.98 Å². The predicted octanol–water partition coefficient (Wildman–Crippen LogP) is 3.21. The molecule has 0 unspecified atom stereocenters. The number of aromatic hydroxyl groups is 1. The number of hydrogen-bond acceptors (Lipinski definition) is 5. The van der Waals surface area contributed by atoms with Crippen LogP contribution < -0.4 is 0 Å². The Morgan fingerprint density at radius 1 is 0.966 bits per heavy atom. The summed E-state index contributed by atoms with van der Waals surface area (Å²) in [6.07, 6.45) is 3.44. The number of carbonyl (C=O) groups is 1. The van der Waals surface area contributed by atoms with Gasteiger partial charge in [-0.2, -0.15) is 0 Å². The highest BCUT2D eigenvalue weighted by atomic mass is 16.3. The van der Waals surface area contributed by atoms with Crippen molar-refractivity contribution in [1.82, 2.24) is 19.8 Å². The third-order valence-corrected chi connectivity index (χ3v) is 5.34. The number of aromatic nitrogens is 2. The van der Waals surface area contributed by atoms with Crippen LogP contribution in [0.3, 0.4) is 0 Å². The van der Waals surface area contributed by atoms with Crippen LogP contribution in [0, 0.1) is 6.92 Å². The molecule has 6 nitrogen and oxygen atoms in total. The molecule has 1 aromatic heterocycles. The molecule has 0 bridgehead atoms. The number of nitrogens with zero attached hydrogens (tertiary/aromatic N) is 4. The van der Waals surface area contributed by atoms with Crippen LogP contribution in [-0.2, 0) is 0 Å². The number of carbonyl (C=O) groups excluding carboxylic acids is 1. The van der Waals surface area contributed by atoms with E-state index in [1.54, 1.807) is 24.5 Å². The molecule has 1 amide bonds. The first kappa shape index (κ1) is 19.1. The molecule has 0 radical (unpaired) electrons. The van der Waals surface area contributed by atoms with E-state index in [9.17, 15) is 9.90 Å². The lowest BCUT2D eigenvalue weighted by atomic mass is 10.0. The summed E-state index contributed by atoms with van der Waals surface area (Å²) < 4.78 is 0. The van der Waals surface area contributed by atoms with E-state index in [-0.39, 0.29) is 11.7 Å². The third kappa shape index (κ3) is 4.12. The highest BCUT2D eigenvalue weighted by molar-refractivity contribution is 5.95. The molecule has 29 heavy (non-hydrogen) atoms. The Morgan fingerprint density at radius 3 is 2.34 bits per heavy atom. The minimum atomic E-state index is 0.0803. The second kappa shape index (κ2) is 8.01. The Bertz CT molecular complexity index is 1030. The number of rotatable bonds is 3. The summed E-state index contributed by atoms with van der Waals surface area (Å²) in [5.41, 5.74) is 5.02. The van der Waals surface area contributed by atoms with E-state index in [1.807, 2.05) is 42.2 Å². The number of phenolic OH excluding ortho intramolecular Hbond substituents is 1. The molecule has 2 aromatic carbocycles. The molecule has 3 aromatic rings. The maximum Gasteiger partial charge on any atom is 0.253 e. The fourth-order valence-corrected chi connectivity index (χ4v) is 3.54. The Balaban J connectivity index is 1.59. The molecule has 0 aliphatic carbocycles.